The third-order valence-corrected chi connectivity index (χ3v) is 4.08. The molecule has 3 aromatic carbocycles. The largest absolute Gasteiger partial charge is 0.449 e. The van der Waals surface area contributed by atoms with Crippen LogP contribution in [0, 0.1) is 0 Å². The number of nitrogens with two attached hydrogens (primary N) is 1. The number of hydrogen-bond acceptors (Lipinski definition) is 4. The molecule has 0 radical (unpaired) electrons. The van der Waals surface area contributed by atoms with Crippen molar-refractivity contribution >= 4 is 34.0 Å². The Hall–Kier alpha value is -3.34. The maximum Gasteiger partial charge on any atom is 0.338 e. The average Bonchev–Trinajstić information content (AvgIpc) is 2.66. The zero-order valence-corrected chi connectivity index (χ0v) is 14.4. The van der Waals surface area contributed by atoms with Gasteiger partial charge in [0.05, 0.1) is 5.56 Å². The first-order chi connectivity index (χ1) is 12.6. The van der Waals surface area contributed by atoms with Gasteiger partial charge in [-0.1, -0.05) is 37.3 Å². The van der Waals surface area contributed by atoms with Gasteiger partial charge in [0, 0.05) is 11.4 Å². The van der Waals surface area contributed by atoms with Crippen LogP contribution < -0.4 is 11.1 Å². The summed E-state index contributed by atoms with van der Waals surface area (Å²) in [5.41, 5.74) is 7.19. The lowest BCUT2D eigenvalue weighted by molar-refractivity contribution is -0.124. The molecule has 5 nitrogen and oxygen atoms in total. The van der Waals surface area contributed by atoms with Crippen molar-refractivity contribution in [2.24, 2.45) is 0 Å². The molecular weight excluding hydrogens is 328 g/mol. The summed E-state index contributed by atoms with van der Waals surface area (Å²) in [6.45, 7) is 1.79. The van der Waals surface area contributed by atoms with Gasteiger partial charge >= 0.3 is 5.97 Å². The molecule has 0 aliphatic heterocycles. The molecule has 0 aliphatic rings. The van der Waals surface area contributed by atoms with Crippen LogP contribution in [0.2, 0.25) is 0 Å². The summed E-state index contributed by atoms with van der Waals surface area (Å²) in [4.78, 5) is 24.7. The number of nitrogens with one attached hydrogen (secondary N) is 1. The monoisotopic (exact) mass is 348 g/mol. The third-order valence-electron chi connectivity index (χ3n) is 4.08. The number of carbonyl (C=O) groups excluding carboxylic acids is 2. The molecule has 5 heteroatoms. The lowest BCUT2D eigenvalue weighted by Gasteiger charge is -2.16. The van der Waals surface area contributed by atoms with Crippen molar-refractivity contribution in [1.29, 1.82) is 0 Å². The molecule has 0 aliphatic carbocycles. The summed E-state index contributed by atoms with van der Waals surface area (Å²) < 4.78 is 5.36. The summed E-state index contributed by atoms with van der Waals surface area (Å²) in [6.07, 6.45) is -0.494. The SMILES string of the molecule is CCC(OC(=O)c1ccc(N)cc1)C(=O)Nc1ccc2ccccc2c1. The lowest BCUT2D eigenvalue weighted by atomic mass is 10.1. The molecule has 0 spiro atoms. The fourth-order valence-corrected chi connectivity index (χ4v) is 2.63. The van der Waals surface area contributed by atoms with E-state index in [4.69, 9.17) is 10.5 Å². The molecule has 132 valence electrons. The van der Waals surface area contributed by atoms with Gasteiger partial charge in [-0.15, -0.1) is 0 Å². The molecule has 1 atom stereocenters. The van der Waals surface area contributed by atoms with Gasteiger partial charge in [0.1, 0.15) is 0 Å². The fraction of sp³-hybridized carbons (Fsp3) is 0.143. The van der Waals surface area contributed by atoms with Gasteiger partial charge in [-0.05, 0) is 53.6 Å². The Balaban J connectivity index is 1.69. The van der Waals surface area contributed by atoms with E-state index in [0.717, 1.165) is 10.8 Å². The quantitative estimate of drug-likeness (QED) is 0.539. The van der Waals surface area contributed by atoms with E-state index >= 15 is 0 Å². The molecule has 0 aromatic heterocycles. The van der Waals surface area contributed by atoms with Gasteiger partial charge in [0.25, 0.3) is 5.91 Å². The Morgan fingerprint density at radius 1 is 1.00 bits per heavy atom. The van der Waals surface area contributed by atoms with Crippen LogP contribution in [0.3, 0.4) is 0 Å². The van der Waals surface area contributed by atoms with Crippen LogP contribution in [0.5, 0.6) is 0 Å². The van der Waals surface area contributed by atoms with Crippen molar-refractivity contribution in [3.05, 3.63) is 72.3 Å². The Morgan fingerprint density at radius 2 is 1.69 bits per heavy atom. The van der Waals surface area contributed by atoms with Gasteiger partial charge in [-0.2, -0.15) is 0 Å². The maximum absolute atomic E-state index is 12.5. The van der Waals surface area contributed by atoms with Crippen LogP contribution >= 0.6 is 0 Å². The third kappa shape index (κ3) is 4.00. The van der Waals surface area contributed by atoms with Crippen LogP contribution in [-0.2, 0) is 9.53 Å². The van der Waals surface area contributed by atoms with Crippen molar-refractivity contribution in [1.82, 2.24) is 0 Å². The van der Waals surface area contributed by atoms with Crippen LogP contribution in [0.4, 0.5) is 11.4 Å². The predicted molar refractivity (Wildman–Crippen MR) is 103 cm³/mol. The number of fused-ring (bicyclic) bond motifs is 1. The zero-order chi connectivity index (χ0) is 18.5. The van der Waals surface area contributed by atoms with E-state index < -0.39 is 12.1 Å². The second kappa shape index (κ2) is 7.70. The molecule has 3 N–H and O–H groups in total. The molecule has 26 heavy (non-hydrogen) atoms. The number of rotatable bonds is 5. The molecule has 0 fully saturated rings. The minimum absolute atomic E-state index is 0.355. The lowest BCUT2D eigenvalue weighted by Crippen LogP contribution is -2.32. The van der Waals surface area contributed by atoms with Crippen molar-refractivity contribution in [3.63, 3.8) is 0 Å². The van der Waals surface area contributed by atoms with Crippen molar-refractivity contribution < 1.29 is 14.3 Å². The maximum atomic E-state index is 12.5. The first-order valence-electron chi connectivity index (χ1n) is 8.43. The average molecular weight is 348 g/mol. The fourth-order valence-electron chi connectivity index (χ4n) is 2.63. The second-order valence-electron chi connectivity index (χ2n) is 5.98. The summed E-state index contributed by atoms with van der Waals surface area (Å²) in [5, 5.41) is 4.93. The molecule has 3 aromatic rings. The standard InChI is InChI=1S/C21H20N2O3/c1-2-19(26-21(25)15-7-10-17(22)11-8-15)20(24)23-18-12-9-14-5-3-4-6-16(14)13-18/h3-13,19H,2,22H2,1H3,(H,23,24). The van der Waals surface area contributed by atoms with Crippen LogP contribution in [0.15, 0.2) is 66.7 Å². The van der Waals surface area contributed by atoms with Crippen LogP contribution in [0.25, 0.3) is 10.8 Å². The number of hydrogen-bond donors (Lipinski definition) is 2. The number of benzene rings is 3. The summed E-state index contributed by atoms with van der Waals surface area (Å²) >= 11 is 0. The number of anilines is 2. The molecular formula is C21H20N2O3. The smallest absolute Gasteiger partial charge is 0.338 e. The van der Waals surface area contributed by atoms with Crippen molar-refractivity contribution in [2.75, 3.05) is 11.1 Å². The molecule has 0 bridgehead atoms. The summed E-state index contributed by atoms with van der Waals surface area (Å²) in [7, 11) is 0. The van der Waals surface area contributed by atoms with E-state index in [0.29, 0.717) is 23.4 Å². The molecule has 0 saturated carbocycles. The molecule has 1 amide bonds. The highest BCUT2D eigenvalue weighted by atomic mass is 16.5. The van der Waals surface area contributed by atoms with Gasteiger partial charge in [-0.25, -0.2) is 4.79 Å². The van der Waals surface area contributed by atoms with Crippen LogP contribution in [-0.4, -0.2) is 18.0 Å². The van der Waals surface area contributed by atoms with E-state index in [1.807, 2.05) is 42.5 Å². The van der Waals surface area contributed by atoms with E-state index in [2.05, 4.69) is 5.32 Å². The van der Waals surface area contributed by atoms with Gasteiger partial charge in [0.2, 0.25) is 0 Å². The highest BCUT2D eigenvalue weighted by molar-refractivity contribution is 5.99. The normalized spacial score (nSPS) is 11.7. The molecule has 0 heterocycles. The van der Waals surface area contributed by atoms with E-state index in [1.165, 1.54) is 0 Å². The number of carbonyl (C=O) groups is 2. The summed E-state index contributed by atoms with van der Waals surface area (Å²) in [5.74, 6) is -0.905. The zero-order valence-electron chi connectivity index (χ0n) is 14.4. The minimum atomic E-state index is -0.869. The van der Waals surface area contributed by atoms with E-state index in [1.54, 1.807) is 31.2 Å². The topological polar surface area (TPSA) is 81.4 Å². The molecule has 0 saturated heterocycles. The Labute approximate surface area is 151 Å². The van der Waals surface area contributed by atoms with Gasteiger partial charge in [-0.3, -0.25) is 4.79 Å². The van der Waals surface area contributed by atoms with Gasteiger partial charge < -0.3 is 15.8 Å². The molecule has 3 rings (SSSR count). The van der Waals surface area contributed by atoms with Crippen molar-refractivity contribution in [3.8, 4) is 0 Å². The highest BCUT2D eigenvalue weighted by Gasteiger charge is 2.22. The number of esters is 1. The van der Waals surface area contributed by atoms with Crippen molar-refractivity contribution in [2.45, 2.75) is 19.4 Å². The van der Waals surface area contributed by atoms with Gasteiger partial charge in [0.15, 0.2) is 6.10 Å². The Morgan fingerprint density at radius 3 is 2.38 bits per heavy atom. The van der Waals surface area contributed by atoms with Crippen LogP contribution in [0.1, 0.15) is 23.7 Å². The predicted octanol–water partition coefficient (Wildman–Crippen LogP) is 4.00. The summed E-state index contributed by atoms with van der Waals surface area (Å²) in [6, 6.07) is 19.9. The second-order valence-corrected chi connectivity index (χ2v) is 5.98. The van der Waals surface area contributed by atoms with E-state index in [-0.39, 0.29) is 5.91 Å². The minimum Gasteiger partial charge on any atom is -0.449 e. The highest BCUT2D eigenvalue weighted by Crippen LogP contribution is 2.19. The molecule has 1 unspecified atom stereocenters. The number of nitrogen functional groups attached to an aromatic ring is 1. The Bertz CT molecular complexity index is 935. The first-order valence-corrected chi connectivity index (χ1v) is 8.43. The van der Waals surface area contributed by atoms with E-state index in [9.17, 15) is 9.59 Å². The number of amides is 1. The first kappa shape index (κ1) is 17.5. The Kier molecular flexibility index (Phi) is 5.17. The number of ether oxygens (including phenoxy) is 1.